The number of rotatable bonds is 2. The molecule has 4 heteroatoms. The summed E-state index contributed by atoms with van der Waals surface area (Å²) < 4.78 is 11.9. The maximum atomic E-state index is 6.00. The molecule has 98 valence electrons. The molecule has 1 aromatic rings. The van der Waals surface area contributed by atoms with E-state index in [-0.39, 0.29) is 11.7 Å². The zero-order valence-electron chi connectivity index (χ0n) is 10.8. The topological polar surface area (TPSA) is 43.4 Å². The first-order valence-corrected chi connectivity index (χ1v) is 6.70. The Bertz CT molecular complexity index is 399. The van der Waals surface area contributed by atoms with Gasteiger partial charge in [0.1, 0.15) is 6.10 Å². The van der Waals surface area contributed by atoms with Crippen molar-refractivity contribution in [1.82, 2.24) is 10.3 Å². The van der Waals surface area contributed by atoms with Crippen molar-refractivity contribution in [2.24, 2.45) is 0 Å². The Balaban J connectivity index is 1.60. The highest BCUT2D eigenvalue weighted by Gasteiger charge is 2.42. The van der Waals surface area contributed by atoms with E-state index in [0.29, 0.717) is 12.5 Å². The Morgan fingerprint density at radius 1 is 1.39 bits per heavy atom. The summed E-state index contributed by atoms with van der Waals surface area (Å²) in [5, 5.41) is 3.37. The highest BCUT2D eigenvalue weighted by atomic mass is 16.6. The van der Waals surface area contributed by atoms with Crippen LogP contribution in [0.1, 0.15) is 24.8 Å². The minimum absolute atomic E-state index is 0.0562. The predicted octanol–water partition coefficient (Wildman–Crippen LogP) is 1.68. The molecule has 1 N–H and O–H groups in total. The van der Waals surface area contributed by atoms with Gasteiger partial charge in [-0.25, -0.2) is 4.98 Å². The predicted molar refractivity (Wildman–Crippen MR) is 68.8 cm³/mol. The lowest BCUT2D eigenvalue weighted by Gasteiger charge is -2.32. The number of piperidine rings is 1. The fourth-order valence-electron chi connectivity index (χ4n) is 2.80. The van der Waals surface area contributed by atoms with Gasteiger partial charge in [-0.1, -0.05) is 6.07 Å². The number of aromatic nitrogens is 1. The third-order valence-electron chi connectivity index (χ3n) is 3.86. The largest absolute Gasteiger partial charge is 0.472 e. The standard InChI is InChI=1S/C14H20N2O2/c1-11-2-3-13(16-9-11)18-12-8-14(17-10-12)4-6-15-7-5-14/h2-3,9,12,15H,4-8,10H2,1H3. The van der Waals surface area contributed by atoms with Crippen LogP contribution in [0, 0.1) is 6.92 Å². The lowest BCUT2D eigenvalue weighted by atomic mass is 9.89. The second-order valence-corrected chi connectivity index (χ2v) is 5.36. The van der Waals surface area contributed by atoms with Gasteiger partial charge in [0.2, 0.25) is 5.88 Å². The molecule has 0 radical (unpaired) electrons. The van der Waals surface area contributed by atoms with Crippen molar-refractivity contribution in [3.05, 3.63) is 23.9 Å². The van der Waals surface area contributed by atoms with E-state index in [4.69, 9.17) is 9.47 Å². The van der Waals surface area contributed by atoms with Crippen LogP contribution in [0.25, 0.3) is 0 Å². The molecule has 0 aromatic carbocycles. The van der Waals surface area contributed by atoms with Gasteiger partial charge in [-0.05, 0) is 38.4 Å². The molecule has 4 nitrogen and oxygen atoms in total. The first-order valence-electron chi connectivity index (χ1n) is 6.70. The minimum Gasteiger partial charge on any atom is -0.472 e. The van der Waals surface area contributed by atoms with Gasteiger partial charge in [0.05, 0.1) is 12.2 Å². The Labute approximate surface area is 108 Å². The molecule has 1 spiro atoms. The molecule has 0 saturated carbocycles. The van der Waals surface area contributed by atoms with Crippen molar-refractivity contribution in [1.29, 1.82) is 0 Å². The SMILES string of the molecule is Cc1ccc(OC2COC3(CCNCC3)C2)nc1. The number of hydrogen-bond donors (Lipinski definition) is 1. The van der Waals surface area contributed by atoms with Gasteiger partial charge in [-0.15, -0.1) is 0 Å². The maximum absolute atomic E-state index is 6.00. The summed E-state index contributed by atoms with van der Waals surface area (Å²) in [6, 6.07) is 3.96. The number of hydrogen-bond acceptors (Lipinski definition) is 4. The first kappa shape index (κ1) is 11.9. The Hall–Kier alpha value is -1.13. The van der Waals surface area contributed by atoms with Gasteiger partial charge < -0.3 is 14.8 Å². The molecule has 2 aliphatic heterocycles. The number of nitrogens with one attached hydrogen (secondary N) is 1. The van der Waals surface area contributed by atoms with Crippen molar-refractivity contribution < 1.29 is 9.47 Å². The van der Waals surface area contributed by atoms with Crippen LogP contribution in [-0.4, -0.2) is 36.4 Å². The number of pyridine rings is 1. The van der Waals surface area contributed by atoms with Crippen LogP contribution in [0.4, 0.5) is 0 Å². The number of nitrogens with zero attached hydrogens (tertiary/aromatic N) is 1. The van der Waals surface area contributed by atoms with Crippen LogP contribution in [0.5, 0.6) is 5.88 Å². The van der Waals surface area contributed by atoms with E-state index < -0.39 is 0 Å². The summed E-state index contributed by atoms with van der Waals surface area (Å²) in [5.41, 5.74) is 1.21. The van der Waals surface area contributed by atoms with E-state index in [0.717, 1.165) is 37.9 Å². The third-order valence-corrected chi connectivity index (χ3v) is 3.86. The molecule has 0 amide bonds. The van der Waals surface area contributed by atoms with Crippen molar-refractivity contribution in [3.63, 3.8) is 0 Å². The molecule has 1 atom stereocenters. The first-order chi connectivity index (χ1) is 8.76. The minimum atomic E-state index is 0.0562. The summed E-state index contributed by atoms with van der Waals surface area (Å²) in [7, 11) is 0. The van der Waals surface area contributed by atoms with Gasteiger partial charge in [0, 0.05) is 18.7 Å². The number of ether oxygens (including phenoxy) is 2. The zero-order chi connectivity index (χ0) is 12.4. The smallest absolute Gasteiger partial charge is 0.213 e. The quantitative estimate of drug-likeness (QED) is 0.865. The molecule has 3 heterocycles. The monoisotopic (exact) mass is 248 g/mol. The fraction of sp³-hybridized carbons (Fsp3) is 0.643. The van der Waals surface area contributed by atoms with E-state index in [1.54, 1.807) is 0 Å². The average molecular weight is 248 g/mol. The van der Waals surface area contributed by atoms with Gasteiger partial charge in [-0.3, -0.25) is 0 Å². The molecule has 0 aliphatic carbocycles. The summed E-state index contributed by atoms with van der Waals surface area (Å²) in [6.45, 7) is 4.82. The summed E-state index contributed by atoms with van der Waals surface area (Å²) in [4.78, 5) is 4.29. The molecule has 18 heavy (non-hydrogen) atoms. The Kier molecular flexibility index (Phi) is 3.22. The zero-order valence-corrected chi connectivity index (χ0v) is 10.8. The van der Waals surface area contributed by atoms with Crippen LogP contribution in [0.3, 0.4) is 0 Å². The van der Waals surface area contributed by atoms with E-state index >= 15 is 0 Å². The highest BCUT2D eigenvalue weighted by Crippen LogP contribution is 2.35. The van der Waals surface area contributed by atoms with Crippen LogP contribution in [-0.2, 0) is 4.74 Å². The van der Waals surface area contributed by atoms with Crippen molar-refractivity contribution in [2.45, 2.75) is 37.9 Å². The van der Waals surface area contributed by atoms with Crippen LogP contribution in [0.15, 0.2) is 18.3 Å². The number of aryl methyl sites for hydroxylation is 1. The average Bonchev–Trinajstić information content (AvgIpc) is 2.76. The summed E-state index contributed by atoms with van der Waals surface area (Å²) >= 11 is 0. The molecule has 2 fully saturated rings. The van der Waals surface area contributed by atoms with Gasteiger partial charge in [0.15, 0.2) is 0 Å². The van der Waals surface area contributed by atoms with Crippen LogP contribution >= 0.6 is 0 Å². The molecular weight excluding hydrogens is 228 g/mol. The van der Waals surface area contributed by atoms with E-state index in [9.17, 15) is 0 Å². The van der Waals surface area contributed by atoms with E-state index in [1.165, 1.54) is 0 Å². The fourth-order valence-corrected chi connectivity index (χ4v) is 2.80. The van der Waals surface area contributed by atoms with Crippen LogP contribution in [0.2, 0.25) is 0 Å². The van der Waals surface area contributed by atoms with Gasteiger partial charge in [-0.2, -0.15) is 0 Å². The van der Waals surface area contributed by atoms with Crippen molar-refractivity contribution >= 4 is 0 Å². The van der Waals surface area contributed by atoms with Gasteiger partial charge in [0.25, 0.3) is 0 Å². The molecule has 2 saturated heterocycles. The van der Waals surface area contributed by atoms with Crippen molar-refractivity contribution in [2.75, 3.05) is 19.7 Å². The van der Waals surface area contributed by atoms with Crippen LogP contribution < -0.4 is 10.1 Å². The molecule has 3 rings (SSSR count). The van der Waals surface area contributed by atoms with Gasteiger partial charge >= 0.3 is 0 Å². The lowest BCUT2D eigenvalue weighted by Crippen LogP contribution is -2.41. The summed E-state index contributed by atoms with van der Waals surface area (Å²) in [6.07, 6.45) is 5.16. The normalized spacial score (nSPS) is 26.4. The van der Waals surface area contributed by atoms with E-state index in [1.807, 2.05) is 25.3 Å². The lowest BCUT2D eigenvalue weighted by molar-refractivity contribution is -0.0205. The molecular formula is C14H20N2O2. The maximum Gasteiger partial charge on any atom is 0.213 e. The molecule has 1 aromatic heterocycles. The van der Waals surface area contributed by atoms with E-state index in [2.05, 4.69) is 10.3 Å². The Morgan fingerprint density at radius 2 is 2.22 bits per heavy atom. The van der Waals surface area contributed by atoms with Crippen molar-refractivity contribution in [3.8, 4) is 5.88 Å². The molecule has 1 unspecified atom stereocenters. The molecule has 0 bridgehead atoms. The third kappa shape index (κ3) is 2.49. The second kappa shape index (κ2) is 4.86. The highest BCUT2D eigenvalue weighted by molar-refractivity contribution is 5.16. The molecule has 2 aliphatic rings. The second-order valence-electron chi connectivity index (χ2n) is 5.36. The Morgan fingerprint density at radius 3 is 2.94 bits per heavy atom. The summed E-state index contributed by atoms with van der Waals surface area (Å²) in [5.74, 6) is 0.709.